The molecule has 0 spiro atoms. The molecule has 0 fully saturated rings. The molecule has 122 valence electrons. The monoisotopic (exact) mass is 311 g/mol. The van der Waals surface area contributed by atoms with Crippen molar-refractivity contribution < 1.29 is 9.53 Å². The second-order valence-corrected chi connectivity index (χ2v) is 5.98. The number of benzene rings is 2. The van der Waals surface area contributed by atoms with Gasteiger partial charge in [-0.1, -0.05) is 49.4 Å². The minimum atomic E-state index is 0.0260. The van der Waals surface area contributed by atoms with Crippen molar-refractivity contribution in [3.8, 4) is 5.75 Å². The van der Waals surface area contributed by atoms with Crippen LogP contribution in [0.4, 0.5) is 0 Å². The molecule has 0 aliphatic rings. The van der Waals surface area contributed by atoms with E-state index in [2.05, 4.69) is 30.4 Å². The van der Waals surface area contributed by atoms with Gasteiger partial charge in [0.1, 0.15) is 5.75 Å². The third kappa shape index (κ3) is 5.44. The van der Waals surface area contributed by atoms with Crippen LogP contribution in [-0.4, -0.2) is 19.1 Å². The average Bonchev–Trinajstić information content (AvgIpc) is 2.56. The molecular formula is C20H25NO2. The summed E-state index contributed by atoms with van der Waals surface area (Å²) in [4.78, 5) is 11.9. The molecule has 0 aromatic heterocycles. The van der Waals surface area contributed by atoms with E-state index in [-0.39, 0.29) is 5.91 Å². The molecule has 1 N–H and O–H groups in total. The molecule has 1 amide bonds. The standard InChI is InChI=1S/C20H25NO2/c1-15-9-10-16(2)19(13-15)23-12-11-20(22)21-14-17(3)18-7-5-4-6-8-18/h4-10,13,17H,11-12,14H2,1-3H3,(H,21,22). The maximum absolute atomic E-state index is 11.9. The molecule has 1 atom stereocenters. The summed E-state index contributed by atoms with van der Waals surface area (Å²) < 4.78 is 5.72. The van der Waals surface area contributed by atoms with Gasteiger partial charge < -0.3 is 10.1 Å². The van der Waals surface area contributed by atoms with Crippen molar-refractivity contribution in [2.24, 2.45) is 0 Å². The van der Waals surface area contributed by atoms with Gasteiger partial charge in [0.25, 0.3) is 0 Å². The van der Waals surface area contributed by atoms with Gasteiger partial charge >= 0.3 is 0 Å². The van der Waals surface area contributed by atoms with Crippen molar-refractivity contribution in [3.05, 3.63) is 65.2 Å². The number of aryl methyl sites for hydroxylation is 2. The molecule has 0 bridgehead atoms. The first-order valence-corrected chi connectivity index (χ1v) is 8.08. The summed E-state index contributed by atoms with van der Waals surface area (Å²) in [5.41, 5.74) is 3.49. The Balaban J connectivity index is 1.72. The number of carbonyl (C=O) groups is 1. The summed E-state index contributed by atoms with van der Waals surface area (Å²) in [6.45, 7) is 7.20. The quantitative estimate of drug-likeness (QED) is 0.839. The van der Waals surface area contributed by atoms with Gasteiger partial charge in [-0.05, 0) is 42.5 Å². The minimum Gasteiger partial charge on any atom is -0.493 e. The molecule has 0 aliphatic heterocycles. The maximum atomic E-state index is 11.9. The van der Waals surface area contributed by atoms with Gasteiger partial charge in [0.15, 0.2) is 0 Å². The van der Waals surface area contributed by atoms with E-state index in [0.717, 1.165) is 16.9 Å². The van der Waals surface area contributed by atoms with Crippen molar-refractivity contribution in [3.63, 3.8) is 0 Å². The third-order valence-corrected chi connectivity index (χ3v) is 3.90. The highest BCUT2D eigenvalue weighted by Crippen LogP contribution is 2.19. The number of rotatable bonds is 7. The van der Waals surface area contributed by atoms with E-state index in [4.69, 9.17) is 4.74 Å². The maximum Gasteiger partial charge on any atom is 0.223 e. The summed E-state index contributed by atoms with van der Waals surface area (Å²) >= 11 is 0. The van der Waals surface area contributed by atoms with Crippen molar-refractivity contribution in [2.45, 2.75) is 33.1 Å². The summed E-state index contributed by atoms with van der Waals surface area (Å²) in [5, 5.41) is 2.97. The van der Waals surface area contributed by atoms with E-state index < -0.39 is 0 Å². The van der Waals surface area contributed by atoms with E-state index >= 15 is 0 Å². The van der Waals surface area contributed by atoms with Crippen LogP contribution in [0, 0.1) is 13.8 Å². The Labute approximate surface area is 138 Å². The van der Waals surface area contributed by atoms with E-state index in [1.165, 1.54) is 5.56 Å². The molecule has 0 saturated heterocycles. The molecule has 3 nitrogen and oxygen atoms in total. The Hall–Kier alpha value is -2.29. The molecule has 1 unspecified atom stereocenters. The largest absolute Gasteiger partial charge is 0.493 e. The highest BCUT2D eigenvalue weighted by molar-refractivity contribution is 5.76. The summed E-state index contributed by atoms with van der Waals surface area (Å²) in [6, 6.07) is 16.3. The molecule has 0 aliphatic carbocycles. The van der Waals surface area contributed by atoms with E-state index in [9.17, 15) is 4.79 Å². The highest BCUT2D eigenvalue weighted by atomic mass is 16.5. The number of amides is 1. The third-order valence-electron chi connectivity index (χ3n) is 3.90. The van der Waals surface area contributed by atoms with Crippen LogP contribution in [0.2, 0.25) is 0 Å². The van der Waals surface area contributed by atoms with Crippen molar-refractivity contribution in [2.75, 3.05) is 13.2 Å². The SMILES string of the molecule is Cc1ccc(C)c(OCCC(=O)NCC(C)c2ccccc2)c1. The molecular weight excluding hydrogens is 286 g/mol. The van der Waals surface area contributed by atoms with Gasteiger partial charge in [0.2, 0.25) is 5.91 Å². The van der Waals surface area contributed by atoms with Crippen molar-refractivity contribution >= 4 is 5.91 Å². The van der Waals surface area contributed by atoms with Crippen LogP contribution in [0.5, 0.6) is 5.75 Å². The number of ether oxygens (including phenoxy) is 1. The second kappa shape index (κ2) is 8.37. The lowest BCUT2D eigenvalue weighted by atomic mass is 10.0. The van der Waals surface area contributed by atoms with E-state index in [1.54, 1.807) is 0 Å². The predicted octanol–water partition coefficient (Wildman–Crippen LogP) is 3.99. The molecule has 2 rings (SSSR count). The highest BCUT2D eigenvalue weighted by Gasteiger charge is 2.08. The Bertz CT molecular complexity index is 637. The summed E-state index contributed by atoms with van der Waals surface area (Å²) in [7, 11) is 0. The van der Waals surface area contributed by atoms with Gasteiger partial charge in [-0.15, -0.1) is 0 Å². The topological polar surface area (TPSA) is 38.3 Å². The van der Waals surface area contributed by atoms with Gasteiger partial charge in [-0.3, -0.25) is 4.79 Å². The number of nitrogens with one attached hydrogen (secondary N) is 1. The first kappa shape index (κ1) is 17.1. The molecule has 0 radical (unpaired) electrons. The van der Waals surface area contributed by atoms with Crippen LogP contribution < -0.4 is 10.1 Å². The molecule has 2 aromatic carbocycles. The summed E-state index contributed by atoms with van der Waals surface area (Å²) in [6.07, 6.45) is 0.370. The Morgan fingerprint density at radius 2 is 1.87 bits per heavy atom. The smallest absolute Gasteiger partial charge is 0.223 e. The molecule has 2 aromatic rings. The fourth-order valence-corrected chi connectivity index (χ4v) is 2.37. The zero-order chi connectivity index (χ0) is 16.7. The minimum absolute atomic E-state index is 0.0260. The van der Waals surface area contributed by atoms with Gasteiger partial charge in [0.05, 0.1) is 13.0 Å². The first-order valence-electron chi connectivity index (χ1n) is 8.08. The Kier molecular flexibility index (Phi) is 6.21. The zero-order valence-electron chi connectivity index (χ0n) is 14.1. The van der Waals surface area contributed by atoms with Crippen LogP contribution in [0.3, 0.4) is 0 Å². The number of carbonyl (C=O) groups excluding carboxylic acids is 1. The zero-order valence-corrected chi connectivity index (χ0v) is 14.1. The van der Waals surface area contributed by atoms with Gasteiger partial charge in [-0.25, -0.2) is 0 Å². The van der Waals surface area contributed by atoms with Crippen LogP contribution in [0.15, 0.2) is 48.5 Å². The van der Waals surface area contributed by atoms with Crippen LogP contribution >= 0.6 is 0 Å². The van der Waals surface area contributed by atoms with Gasteiger partial charge in [-0.2, -0.15) is 0 Å². The average molecular weight is 311 g/mol. The van der Waals surface area contributed by atoms with Crippen molar-refractivity contribution in [1.82, 2.24) is 5.32 Å². The summed E-state index contributed by atoms with van der Waals surface area (Å²) in [5.74, 6) is 1.19. The number of hydrogen-bond acceptors (Lipinski definition) is 2. The molecule has 0 heterocycles. The lowest BCUT2D eigenvalue weighted by Gasteiger charge is -2.14. The van der Waals surface area contributed by atoms with Crippen LogP contribution in [0.25, 0.3) is 0 Å². The van der Waals surface area contributed by atoms with E-state index in [1.807, 2.05) is 44.2 Å². The fourth-order valence-electron chi connectivity index (χ4n) is 2.37. The first-order chi connectivity index (χ1) is 11.1. The number of hydrogen-bond donors (Lipinski definition) is 1. The fraction of sp³-hybridized carbons (Fsp3) is 0.350. The second-order valence-electron chi connectivity index (χ2n) is 5.98. The molecule has 0 saturated carbocycles. The van der Waals surface area contributed by atoms with Crippen LogP contribution in [-0.2, 0) is 4.79 Å². The lowest BCUT2D eigenvalue weighted by molar-refractivity contribution is -0.121. The predicted molar refractivity (Wildman–Crippen MR) is 93.9 cm³/mol. The lowest BCUT2D eigenvalue weighted by Crippen LogP contribution is -2.28. The Morgan fingerprint density at radius 3 is 2.61 bits per heavy atom. The van der Waals surface area contributed by atoms with E-state index in [0.29, 0.717) is 25.5 Å². The van der Waals surface area contributed by atoms with Gasteiger partial charge in [0, 0.05) is 6.54 Å². The van der Waals surface area contributed by atoms with Crippen molar-refractivity contribution in [1.29, 1.82) is 0 Å². The molecule has 23 heavy (non-hydrogen) atoms. The molecule has 3 heteroatoms. The van der Waals surface area contributed by atoms with Crippen LogP contribution in [0.1, 0.15) is 36.0 Å². The normalized spacial score (nSPS) is 11.8. The Morgan fingerprint density at radius 1 is 1.13 bits per heavy atom.